The van der Waals surface area contributed by atoms with Gasteiger partial charge >= 0.3 is 12.0 Å². The van der Waals surface area contributed by atoms with Gasteiger partial charge in [-0.25, -0.2) is 9.59 Å². The molecular weight excluding hydrogens is 262 g/mol. The summed E-state index contributed by atoms with van der Waals surface area (Å²) in [6.07, 6.45) is 0.839. The highest BCUT2D eigenvalue weighted by atomic mass is 16.5. The predicted molar refractivity (Wildman–Crippen MR) is 73.1 cm³/mol. The summed E-state index contributed by atoms with van der Waals surface area (Å²) in [6.45, 7) is 4.54. The molecule has 2 amide bonds. The van der Waals surface area contributed by atoms with Crippen LogP contribution in [0.2, 0.25) is 0 Å². The highest BCUT2D eigenvalue weighted by molar-refractivity contribution is 5.82. The number of ether oxygens (including phenoxy) is 1. The van der Waals surface area contributed by atoms with Crippen molar-refractivity contribution in [1.82, 2.24) is 10.2 Å². The third-order valence-electron chi connectivity index (χ3n) is 3.10. The average Bonchev–Trinajstić information content (AvgIpc) is 2.43. The van der Waals surface area contributed by atoms with Gasteiger partial charge in [-0.1, -0.05) is 20.3 Å². The molecule has 0 spiro atoms. The van der Waals surface area contributed by atoms with Crippen LogP contribution in [0, 0.1) is 17.2 Å². The lowest BCUT2D eigenvalue weighted by Gasteiger charge is -2.26. The third-order valence-corrected chi connectivity index (χ3v) is 3.10. The Morgan fingerprint density at radius 3 is 2.55 bits per heavy atom. The monoisotopic (exact) mass is 285 g/mol. The van der Waals surface area contributed by atoms with E-state index < -0.39 is 18.0 Å². The lowest BCUT2D eigenvalue weighted by atomic mass is 9.99. The van der Waals surface area contributed by atoms with Crippen LogP contribution in [-0.4, -0.2) is 54.9 Å². The van der Waals surface area contributed by atoms with Gasteiger partial charge in [0.25, 0.3) is 0 Å². The molecule has 7 heteroatoms. The van der Waals surface area contributed by atoms with Crippen LogP contribution in [0.3, 0.4) is 0 Å². The Balaban J connectivity index is 4.69. The van der Waals surface area contributed by atoms with Crippen LogP contribution in [0.4, 0.5) is 4.79 Å². The van der Waals surface area contributed by atoms with Crippen molar-refractivity contribution in [1.29, 1.82) is 5.26 Å². The van der Waals surface area contributed by atoms with Gasteiger partial charge in [-0.3, -0.25) is 0 Å². The van der Waals surface area contributed by atoms with Crippen molar-refractivity contribution in [3.05, 3.63) is 0 Å². The summed E-state index contributed by atoms with van der Waals surface area (Å²) in [5.74, 6) is -1.23. The first-order valence-electron chi connectivity index (χ1n) is 6.62. The molecule has 7 nitrogen and oxygen atoms in total. The number of nitrogens with one attached hydrogen (secondary N) is 1. The highest BCUT2D eigenvalue weighted by Gasteiger charge is 2.27. The zero-order valence-electron chi connectivity index (χ0n) is 12.3. The number of nitrogens with zero attached hydrogens (tertiary/aromatic N) is 2. The summed E-state index contributed by atoms with van der Waals surface area (Å²) >= 11 is 0. The van der Waals surface area contributed by atoms with E-state index in [1.54, 1.807) is 6.92 Å². The first kappa shape index (κ1) is 18.2. The normalized spacial score (nSPS) is 13.1. The molecule has 2 N–H and O–H groups in total. The largest absolute Gasteiger partial charge is 0.480 e. The van der Waals surface area contributed by atoms with E-state index in [2.05, 4.69) is 5.32 Å². The molecule has 0 aromatic heterocycles. The molecule has 114 valence electrons. The lowest BCUT2D eigenvalue weighted by Crippen LogP contribution is -2.51. The maximum Gasteiger partial charge on any atom is 0.326 e. The molecule has 0 fully saturated rings. The van der Waals surface area contributed by atoms with Crippen molar-refractivity contribution in [3.8, 4) is 6.07 Å². The molecule has 0 saturated carbocycles. The summed E-state index contributed by atoms with van der Waals surface area (Å²) in [4.78, 5) is 24.6. The van der Waals surface area contributed by atoms with Gasteiger partial charge in [0.1, 0.15) is 6.04 Å². The molecule has 0 aliphatic carbocycles. The second kappa shape index (κ2) is 10.0. The average molecular weight is 285 g/mol. The number of urea groups is 1. The summed E-state index contributed by atoms with van der Waals surface area (Å²) in [6, 6.07) is 0.548. The molecule has 0 aliphatic rings. The first-order chi connectivity index (χ1) is 9.47. The van der Waals surface area contributed by atoms with E-state index in [1.165, 1.54) is 12.0 Å². The summed E-state index contributed by atoms with van der Waals surface area (Å²) in [5.41, 5.74) is 0. The van der Waals surface area contributed by atoms with E-state index in [0.29, 0.717) is 19.6 Å². The van der Waals surface area contributed by atoms with E-state index in [1.807, 2.05) is 13.0 Å². The number of aliphatic carboxylic acids is 1. The molecule has 0 bridgehead atoms. The minimum atomic E-state index is -1.06. The molecule has 0 unspecified atom stereocenters. The topological polar surface area (TPSA) is 103 Å². The Kier molecular flexibility index (Phi) is 9.13. The minimum Gasteiger partial charge on any atom is -0.480 e. The molecule has 0 aromatic carbocycles. The van der Waals surface area contributed by atoms with Crippen molar-refractivity contribution in [2.24, 2.45) is 5.92 Å². The number of carboxylic acid groups (broad SMARTS) is 1. The fourth-order valence-electron chi connectivity index (χ4n) is 1.61. The number of rotatable bonds is 9. The summed E-state index contributed by atoms with van der Waals surface area (Å²) in [7, 11) is 1.51. The van der Waals surface area contributed by atoms with Crippen LogP contribution < -0.4 is 5.32 Å². The predicted octanol–water partition coefficient (Wildman–Crippen LogP) is 1.06. The Hall–Kier alpha value is -1.81. The van der Waals surface area contributed by atoms with Gasteiger partial charge in [-0.15, -0.1) is 0 Å². The molecule has 20 heavy (non-hydrogen) atoms. The van der Waals surface area contributed by atoms with Crippen LogP contribution in [0.5, 0.6) is 0 Å². The van der Waals surface area contributed by atoms with E-state index >= 15 is 0 Å². The first-order valence-corrected chi connectivity index (χ1v) is 6.62. The maximum atomic E-state index is 12.1. The number of carbonyl (C=O) groups excluding carboxylic acids is 1. The standard InChI is InChI=1S/C13H23N3O4/c1-4-10(2)11(12(17)18)15-13(19)16(7-5-6-14)8-9-20-3/h10-11H,4-5,7-9H2,1-3H3,(H,15,19)(H,17,18)/t10-,11-/m0/s1. The van der Waals surface area contributed by atoms with E-state index in [9.17, 15) is 9.59 Å². The fourth-order valence-corrected chi connectivity index (χ4v) is 1.61. The third kappa shape index (κ3) is 6.38. The molecular formula is C13H23N3O4. The maximum absolute atomic E-state index is 12.1. The molecule has 0 saturated heterocycles. The van der Waals surface area contributed by atoms with Gasteiger partial charge < -0.3 is 20.1 Å². The van der Waals surface area contributed by atoms with E-state index in [4.69, 9.17) is 15.1 Å². The number of hydrogen-bond acceptors (Lipinski definition) is 4. The SMILES string of the molecule is CC[C@H](C)[C@H](NC(=O)N(CCC#N)CCOC)C(=O)O. The zero-order chi connectivity index (χ0) is 15.5. The minimum absolute atomic E-state index is 0.170. The highest BCUT2D eigenvalue weighted by Crippen LogP contribution is 2.08. The smallest absolute Gasteiger partial charge is 0.326 e. The second-order valence-electron chi connectivity index (χ2n) is 4.54. The number of methoxy groups -OCH3 is 1. The molecule has 0 rings (SSSR count). The fraction of sp³-hybridized carbons (Fsp3) is 0.769. The number of carboxylic acids is 1. The van der Waals surface area contributed by atoms with Crippen molar-refractivity contribution in [2.75, 3.05) is 26.8 Å². The molecule has 2 atom stereocenters. The van der Waals surface area contributed by atoms with Gasteiger partial charge in [-0.05, 0) is 5.92 Å². The number of amides is 2. The van der Waals surface area contributed by atoms with Gasteiger partial charge in [0.2, 0.25) is 0 Å². The number of nitriles is 1. The Bertz CT molecular complexity index is 354. The summed E-state index contributed by atoms with van der Waals surface area (Å²) < 4.78 is 4.90. The Morgan fingerprint density at radius 1 is 1.45 bits per heavy atom. The number of carbonyl (C=O) groups is 2. The van der Waals surface area contributed by atoms with Crippen LogP contribution in [0.1, 0.15) is 26.7 Å². The van der Waals surface area contributed by atoms with Crippen molar-refractivity contribution >= 4 is 12.0 Å². The molecule has 0 aliphatic heterocycles. The van der Waals surface area contributed by atoms with Crippen LogP contribution >= 0.6 is 0 Å². The summed E-state index contributed by atoms with van der Waals surface area (Å²) in [5, 5.41) is 20.2. The van der Waals surface area contributed by atoms with E-state index in [0.717, 1.165) is 0 Å². The van der Waals surface area contributed by atoms with Crippen molar-refractivity contribution in [2.45, 2.75) is 32.7 Å². The van der Waals surface area contributed by atoms with Gasteiger partial charge in [0.15, 0.2) is 0 Å². The molecule has 0 radical (unpaired) electrons. The van der Waals surface area contributed by atoms with Crippen LogP contribution in [0.25, 0.3) is 0 Å². The molecule has 0 heterocycles. The van der Waals surface area contributed by atoms with Crippen molar-refractivity contribution in [3.63, 3.8) is 0 Å². The molecule has 0 aromatic rings. The zero-order valence-corrected chi connectivity index (χ0v) is 12.3. The van der Waals surface area contributed by atoms with E-state index in [-0.39, 0.29) is 18.9 Å². The van der Waals surface area contributed by atoms with Gasteiger partial charge in [0.05, 0.1) is 19.1 Å². The number of hydrogen-bond donors (Lipinski definition) is 2. The Labute approximate surface area is 119 Å². The van der Waals surface area contributed by atoms with Crippen LogP contribution in [0.15, 0.2) is 0 Å². The van der Waals surface area contributed by atoms with Gasteiger partial charge in [0, 0.05) is 20.2 Å². The Morgan fingerprint density at radius 2 is 2.10 bits per heavy atom. The lowest BCUT2D eigenvalue weighted by molar-refractivity contribution is -0.140. The van der Waals surface area contributed by atoms with Crippen LogP contribution in [-0.2, 0) is 9.53 Å². The van der Waals surface area contributed by atoms with Gasteiger partial charge in [-0.2, -0.15) is 5.26 Å². The van der Waals surface area contributed by atoms with Crippen molar-refractivity contribution < 1.29 is 19.4 Å². The quantitative estimate of drug-likeness (QED) is 0.659. The second-order valence-corrected chi connectivity index (χ2v) is 4.54.